The predicted molar refractivity (Wildman–Crippen MR) is 222 cm³/mol. The van der Waals surface area contributed by atoms with Gasteiger partial charge in [-0.2, -0.15) is 0 Å². The van der Waals surface area contributed by atoms with Crippen LogP contribution < -0.4 is 39.1 Å². The van der Waals surface area contributed by atoms with Crippen molar-refractivity contribution in [1.29, 1.82) is 0 Å². The molecule has 0 saturated carbocycles. The molecule has 0 aliphatic rings. The van der Waals surface area contributed by atoms with Crippen molar-refractivity contribution in [1.82, 2.24) is 0 Å². The van der Waals surface area contributed by atoms with Gasteiger partial charge >= 0.3 is 15.2 Å². The highest BCUT2D eigenvalue weighted by atomic mass is 31.2. The summed E-state index contributed by atoms with van der Waals surface area (Å²) in [7, 11) is 1.63. The minimum atomic E-state index is -3.75. The lowest BCUT2D eigenvalue weighted by molar-refractivity contribution is 0.213. The predicted octanol–water partition coefficient (Wildman–Crippen LogP) is 10.1. The zero-order chi connectivity index (χ0) is 41.6. The Balaban J connectivity index is 1.61. The molecule has 2 unspecified atom stereocenters. The maximum Gasteiger partial charge on any atom is 0.357 e. The van der Waals surface area contributed by atoms with E-state index in [1.54, 1.807) is 52.0 Å². The quantitative estimate of drug-likeness (QED) is 0.0645. The molecule has 0 spiro atoms. The maximum atomic E-state index is 14.3. The lowest BCUT2D eigenvalue weighted by atomic mass is 10.0. The number of anilines is 2. The van der Waals surface area contributed by atoms with Gasteiger partial charge in [0, 0.05) is 11.4 Å². The molecule has 57 heavy (non-hydrogen) atoms. The molecule has 0 aliphatic heterocycles. The van der Waals surface area contributed by atoms with Crippen LogP contribution in [0.2, 0.25) is 0 Å². The molecule has 4 aromatic rings. The minimum Gasteiger partial charge on any atom is -0.493 e. The Kier molecular flexibility index (Phi) is 17.0. The number of benzene rings is 4. The van der Waals surface area contributed by atoms with Gasteiger partial charge < -0.3 is 57.1 Å². The molecule has 16 heteroatoms. The first-order chi connectivity index (χ1) is 27.5. The van der Waals surface area contributed by atoms with Crippen molar-refractivity contribution in [3.8, 4) is 34.5 Å². The summed E-state index contributed by atoms with van der Waals surface area (Å²) < 4.78 is 85.2. The highest BCUT2D eigenvalue weighted by molar-refractivity contribution is 7.54. The molecule has 0 amide bonds. The molecule has 0 fully saturated rings. The Morgan fingerprint density at radius 3 is 0.965 bits per heavy atom. The molecule has 4 aromatic carbocycles. The normalized spacial score (nSPS) is 12.7. The van der Waals surface area contributed by atoms with E-state index in [4.69, 9.17) is 46.5 Å². The Labute approximate surface area is 336 Å². The highest BCUT2D eigenvalue weighted by Gasteiger charge is 2.40. The second kappa shape index (κ2) is 21.4. The van der Waals surface area contributed by atoms with Crippen molar-refractivity contribution in [2.75, 3.05) is 79.7 Å². The summed E-state index contributed by atoms with van der Waals surface area (Å²) in [6.07, 6.45) is 0.625. The van der Waals surface area contributed by atoms with Crippen LogP contribution in [0.3, 0.4) is 0 Å². The summed E-state index contributed by atoms with van der Waals surface area (Å²) in [6.45, 7) is 7.78. The van der Waals surface area contributed by atoms with Crippen molar-refractivity contribution in [3.63, 3.8) is 0 Å². The van der Waals surface area contributed by atoms with Crippen LogP contribution in [0, 0.1) is 0 Å². The van der Waals surface area contributed by atoms with Gasteiger partial charge in [0.2, 0.25) is 11.5 Å². The number of hydrogen-bond acceptors (Lipinski definition) is 14. The van der Waals surface area contributed by atoms with Crippen molar-refractivity contribution >= 4 is 26.6 Å². The molecular formula is C41H56N2O12P2. The molecule has 0 bridgehead atoms. The van der Waals surface area contributed by atoms with Gasteiger partial charge in [0.1, 0.15) is 0 Å². The number of rotatable bonds is 24. The van der Waals surface area contributed by atoms with Gasteiger partial charge in [0.15, 0.2) is 34.6 Å². The molecular weight excluding hydrogens is 774 g/mol. The topological polar surface area (TPSA) is 150 Å². The molecule has 0 saturated heterocycles. The third-order valence-corrected chi connectivity index (χ3v) is 13.4. The Bertz CT molecular complexity index is 1770. The molecule has 0 aliphatic carbocycles. The fraction of sp³-hybridized carbons (Fsp3) is 0.415. The van der Waals surface area contributed by atoms with Gasteiger partial charge in [-0.1, -0.05) is 24.3 Å². The van der Waals surface area contributed by atoms with E-state index in [0.29, 0.717) is 63.4 Å². The number of hydrogen-bond donors (Lipinski definition) is 2. The van der Waals surface area contributed by atoms with Crippen LogP contribution in [0.1, 0.15) is 61.5 Å². The van der Waals surface area contributed by atoms with Crippen LogP contribution >= 0.6 is 15.2 Å². The van der Waals surface area contributed by atoms with Gasteiger partial charge in [-0.15, -0.1) is 0 Å². The fourth-order valence-corrected chi connectivity index (χ4v) is 10.1. The fourth-order valence-electron chi connectivity index (χ4n) is 6.29. The summed E-state index contributed by atoms with van der Waals surface area (Å²) >= 11 is 0. The van der Waals surface area contributed by atoms with E-state index in [2.05, 4.69) is 10.6 Å². The number of ether oxygens (including phenoxy) is 6. The molecule has 0 aromatic heterocycles. The van der Waals surface area contributed by atoms with E-state index in [1.807, 2.05) is 48.5 Å². The van der Waals surface area contributed by atoms with E-state index in [0.717, 1.165) is 11.1 Å². The van der Waals surface area contributed by atoms with Crippen LogP contribution in [0.5, 0.6) is 34.5 Å². The standard InChI is InChI=1S/C41H56N2O12P2/c1-11-52-56(44,53-12-2)40(30-24-34(46-5)38(50-9)35(25-30)47-6)42-32-19-15-28(16-20-32)23-29-17-21-33(22-18-29)43-41(57(45,54-13-3)55-14-4)31-26-36(48-7)39(51-10)37(27-31)49-8/h15-22,24-27,40-43H,11-14,23H2,1-10H3. The minimum absolute atomic E-state index is 0.178. The molecule has 0 heterocycles. The van der Waals surface area contributed by atoms with E-state index in [-0.39, 0.29) is 26.4 Å². The van der Waals surface area contributed by atoms with Gasteiger partial charge in [0.25, 0.3) is 0 Å². The van der Waals surface area contributed by atoms with Gasteiger partial charge in [-0.25, -0.2) is 0 Å². The Hall–Kier alpha value is -4.42. The molecule has 0 radical (unpaired) electrons. The molecule has 312 valence electrons. The van der Waals surface area contributed by atoms with Crippen LogP contribution in [0.4, 0.5) is 11.4 Å². The summed E-state index contributed by atoms with van der Waals surface area (Å²) in [5.74, 6) is 0.644. The average Bonchev–Trinajstić information content (AvgIpc) is 3.22. The summed E-state index contributed by atoms with van der Waals surface area (Å²) in [4.78, 5) is 0. The van der Waals surface area contributed by atoms with Crippen LogP contribution in [-0.4, -0.2) is 69.1 Å². The van der Waals surface area contributed by atoms with Gasteiger partial charge in [-0.05, 0) is 105 Å². The molecule has 4 rings (SSSR count). The Morgan fingerprint density at radius 2 is 0.737 bits per heavy atom. The lowest BCUT2D eigenvalue weighted by Crippen LogP contribution is -2.16. The first kappa shape index (κ1) is 45.3. The average molecular weight is 831 g/mol. The highest BCUT2D eigenvalue weighted by Crippen LogP contribution is 2.63. The lowest BCUT2D eigenvalue weighted by Gasteiger charge is -2.29. The number of nitrogens with one attached hydrogen (secondary N) is 2. The van der Waals surface area contributed by atoms with Crippen molar-refractivity contribution < 1.29 is 55.6 Å². The van der Waals surface area contributed by atoms with E-state index in [1.165, 1.54) is 42.7 Å². The summed E-state index contributed by atoms with van der Waals surface area (Å²) in [6, 6.07) is 22.6. The first-order valence-electron chi connectivity index (χ1n) is 18.6. The SMILES string of the molecule is CCOP(=O)(OCC)C(Nc1ccc(Cc2ccc(NC(c3cc(OC)c(OC)c(OC)c3)P(=O)(OCC)OCC)cc2)cc1)c1cc(OC)c(OC)c(OC)c1. The van der Waals surface area contributed by atoms with Crippen molar-refractivity contribution in [2.45, 2.75) is 45.7 Å². The second-order valence-electron chi connectivity index (χ2n) is 12.3. The Morgan fingerprint density at radius 1 is 0.456 bits per heavy atom. The first-order valence-corrected chi connectivity index (χ1v) is 21.8. The summed E-state index contributed by atoms with van der Waals surface area (Å²) in [5.41, 5.74) is 4.61. The summed E-state index contributed by atoms with van der Waals surface area (Å²) in [5, 5.41) is 6.77. The van der Waals surface area contributed by atoms with Crippen LogP contribution in [-0.2, 0) is 33.6 Å². The zero-order valence-electron chi connectivity index (χ0n) is 34.4. The maximum absolute atomic E-state index is 14.3. The van der Waals surface area contributed by atoms with Crippen LogP contribution in [0.15, 0.2) is 72.8 Å². The molecule has 2 N–H and O–H groups in total. The second-order valence-corrected chi connectivity index (χ2v) is 16.6. The molecule has 14 nitrogen and oxygen atoms in total. The van der Waals surface area contributed by atoms with E-state index < -0.39 is 26.8 Å². The number of methoxy groups -OCH3 is 6. The van der Waals surface area contributed by atoms with Crippen molar-refractivity contribution in [3.05, 3.63) is 95.1 Å². The third kappa shape index (κ3) is 11.0. The monoisotopic (exact) mass is 830 g/mol. The smallest absolute Gasteiger partial charge is 0.357 e. The third-order valence-electron chi connectivity index (χ3n) is 8.80. The largest absolute Gasteiger partial charge is 0.493 e. The van der Waals surface area contributed by atoms with Gasteiger partial charge in [0.05, 0.1) is 69.1 Å². The van der Waals surface area contributed by atoms with E-state index in [9.17, 15) is 9.13 Å². The van der Waals surface area contributed by atoms with E-state index >= 15 is 0 Å². The van der Waals surface area contributed by atoms with Gasteiger partial charge in [-0.3, -0.25) is 9.13 Å². The van der Waals surface area contributed by atoms with Crippen LogP contribution in [0.25, 0.3) is 0 Å². The van der Waals surface area contributed by atoms with Crippen molar-refractivity contribution in [2.24, 2.45) is 0 Å². The molecule has 2 atom stereocenters. The zero-order valence-corrected chi connectivity index (χ0v) is 36.2.